The van der Waals surface area contributed by atoms with Gasteiger partial charge in [-0.2, -0.15) is 0 Å². The molecular weight excluding hydrogens is 284 g/mol. The first-order valence-electron chi connectivity index (χ1n) is 9.50. The molecule has 0 saturated heterocycles. The molecule has 2 aliphatic carbocycles. The minimum Gasteiger partial charge on any atom is -0.508 e. The molecule has 0 heterocycles. The first-order valence-corrected chi connectivity index (χ1v) is 9.50. The Hall–Kier alpha value is -1.18. The third kappa shape index (κ3) is 4.02. The SMILES string of the molecule is CCC1(CCCc2c(O)ccc(O)c2CCCC2(C)CC2)CC1. The lowest BCUT2D eigenvalue weighted by molar-refractivity contribution is 0.421. The second-order valence-corrected chi connectivity index (χ2v) is 8.43. The van der Waals surface area contributed by atoms with Gasteiger partial charge >= 0.3 is 0 Å². The van der Waals surface area contributed by atoms with Crippen molar-refractivity contribution >= 4 is 0 Å². The van der Waals surface area contributed by atoms with Crippen molar-refractivity contribution in [2.45, 2.75) is 84.5 Å². The van der Waals surface area contributed by atoms with Crippen molar-refractivity contribution in [3.63, 3.8) is 0 Å². The van der Waals surface area contributed by atoms with Crippen molar-refractivity contribution in [2.75, 3.05) is 0 Å². The zero-order valence-corrected chi connectivity index (χ0v) is 14.8. The Morgan fingerprint density at radius 2 is 1.39 bits per heavy atom. The molecule has 2 heteroatoms. The summed E-state index contributed by atoms with van der Waals surface area (Å²) in [6.45, 7) is 4.65. The maximum atomic E-state index is 10.3. The van der Waals surface area contributed by atoms with Crippen LogP contribution in [0.4, 0.5) is 0 Å². The highest BCUT2D eigenvalue weighted by Gasteiger charge is 2.39. The van der Waals surface area contributed by atoms with Crippen LogP contribution in [0.15, 0.2) is 12.1 Å². The Bertz CT molecular complexity index is 553. The summed E-state index contributed by atoms with van der Waals surface area (Å²) in [5.74, 6) is 0.743. The molecule has 0 spiro atoms. The molecule has 2 aliphatic rings. The van der Waals surface area contributed by atoms with Crippen LogP contribution in [0.25, 0.3) is 0 Å². The van der Waals surface area contributed by atoms with Crippen LogP contribution in [0.1, 0.15) is 82.8 Å². The molecule has 0 amide bonds. The van der Waals surface area contributed by atoms with Crippen molar-refractivity contribution in [1.82, 2.24) is 0 Å². The van der Waals surface area contributed by atoms with Crippen LogP contribution in [0.5, 0.6) is 11.5 Å². The number of rotatable bonds is 9. The van der Waals surface area contributed by atoms with E-state index in [1.165, 1.54) is 44.9 Å². The normalized spacial score (nSPS) is 20.4. The van der Waals surface area contributed by atoms with Crippen LogP contribution in [0.3, 0.4) is 0 Å². The van der Waals surface area contributed by atoms with E-state index in [-0.39, 0.29) is 0 Å². The monoisotopic (exact) mass is 316 g/mol. The molecule has 0 unspecified atom stereocenters. The average molecular weight is 316 g/mol. The van der Waals surface area contributed by atoms with Gasteiger partial charge < -0.3 is 10.2 Å². The molecule has 23 heavy (non-hydrogen) atoms. The molecule has 2 fully saturated rings. The van der Waals surface area contributed by atoms with Gasteiger partial charge in [0.25, 0.3) is 0 Å². The van der Waals surface area contributed by atoms with Crippen LogP contribution >= 0.6 is 0 Å². The molecule has 0 atom stereocenters. The van der Waals surface area contributed by atoms with E-state index in [0.29, 0.717) is 22.3 Å². The van der Waals surface area contributed by atoms with Gasteiger partial charge in [0.15, 0.2) is 0 Å². The Kier molecular flexibility index (Phi) is 4.62. The van der Waals surface area contributed by atoms with Crippen LogP contribution in [0.2, 0.25) is 0 Å². The maximum absolute atomic E-state index is 10.3. The molecule has 1 aromatic rings. The second-order valence-electron chi connectivity index (χ2n) is 8.43. The van der Waals surface area contributed by atoms with Gasteiger partial charge in [0.2, 0.25) is 0 Å². The lowest BCUT2D eigenvalue weighted by Crippen LogP contribution is -2.02. The Balaban J connectivity index is 1.61. The lowest BCUT2D eigenvalue weighted by atomic mass is 9.90. The molecule has 2 N–H and O–H groups in total. The summed E-state index contributed by atoms with van der Waals surface area (Å²) >= 11 is 0. The molecule has 0 aromatic heterocycles. The van der Waals surface area contributed by atoms with Crippen LogP contribution in [-0.2, 0) is 12.8 Å². The zero-order chi connectivity index (χ0) is 16.5. The number of hydrogen-bond acceptors (Lipinski definition) is 2. The minimum atomic E-state index is 0.371. The largest absolute Gasteiger partial charge is 0.508 e. The third-order valence-corrected chi connectivity index (χ3v) is 6.53. The van der Waals surface area contributed by atoms with Gasteiger partial charge in [0.1, 0.15) is 11.5 Å². The van der Waals surface area contributed by atoms with E-state index < -0.39 is 0 Å². The smallest absolute Gasteiger partial charge is 0.119 e. The van der Waals surface area contributed by atoms with Crippen LogP contribution in [-0.4, -0.2) is 10.2 Å². The molecule has 1 aromatic carbocycles. The predicted molar refractivity (Wildman–Crippen MR) is 94.9 cm³/mol. The van der Waals surface area contributed by atoms with Crippen molar-refractivity contribution in [3.05, 3.63) is 23.3 Å². The lowest BCUT2D eigenvalue weighted by Gasteiger charge is -2.16. The van der Waals surface area contributed by atoms with Gasteiger partial charge in [-0.3, -0.25) is 0 Å². The Labute approximate surface area is 140 Å². The highest BCUT2D eigenvalue weighted by molar-refractivity contribution is 5.47. The molecule has 0 bridgehead atoms. The average Bonchev–Trinajstić information content (AvgIpc) is 3.44. The van der Waals surface area contributed by atoms with Crippen molar-refractivity contribution < 1.29 is 10.2 Å². The summed E-state index contributed by atoms with van der Waals surface area (Å²) < 4.78 is 0. The van der Waals surface area contributed by atoms with E-state index in [0.717, 1.165) is 36.8 Å². The zero-order valence-electron chi connectivity index (χ0n) is 14.8. The fourth-order valence-corrected chi connectivity index (χ4v) is 3.98. The van der Waals surface area contributed by atoms with Crippen LogP contribution in [0, 0.1) is 10.8 Å². The number of phenolic OH excluding ortho intramolecular Hbond substituents is 2. The highest BCUT2D eigenvalue weighted by Crippen LogP contribution is 2.52. The number of benzene rings is 1. The standard InChI is InChI=1S/C21H32O2/c1-3-21(14-15-21)11-5-7-17-16(18(22)8-9-19(17)23)6-4-10-20(2)12-13-20/h8-9,22-23H,3-7,10-15H2,1-2H3. The quantitative estimate of drug-likeness (QED) is 0.571. The van der Waals surface area contributed by atoms with E-state index >= 15 is 0 Å². The fraction of sp³-hybridized carbons (Fsp3) is 0.714. The van der Waals surface area contributed by atoms with E-state index in [9.17, 15) is 10.2 Å². The van der Waals surface area contributed by atoms with Crippen LogP contribution < -0.4 is 0 Å². The summed E-state index contributed by atoms with van der Waals surface area (Å²) in [6, 6.07) is 3.31. The van der Waals surface area contributed by atoms with Gasteiger partial charge in [-0.1, -0.05) is 20.3 Å². The predicted octanol–water partition coefficient (Wildman–Crippen LogP) is 5.73. The van der Waals surface area contributed by atoms with Gasteiger partial charge in [-0.25, -0.2) is 0 Å². The summed E-state index contributed by atoms with van der Waals surface area (Å²) in [4.78, 5) is 0. The van der Waals surface area contributed by atoms with Crippen molar-refractivity contribution in [1.29, 1.82) is 0 Å². The number of aromatic hydroxyl groups is 2. The minimum absolute atomic E-state index is 0.371. The highest BCUT2D eigenvalue weighted by atomic mass is 16.3. The van der Waals surface area contributed by atoms with Gasteiger partial charge in [-0.15, -0.1) is 0 Å². The summed E-state index contributed by atoms with van der Waals surface area (Å²) in [6.07, 6.45) is 13.3. The number of hydrogen-bond donors (Lipinski definition) is 2. The van der Waals surface area contributed by atoms with Gasteiger partial charge in [0, 0.05) is 11.1 Å². The summed E-state index contributed by atoms with van der Waals surface area (Å²) in [5.41, 5.74) is 3.16. The van der Waals surface area contributed by atoms with Crippen molar-refractivity contribution in [2.24, 2.45) is 10.8 Å². The van der Waals surface area contributed by atoms with E-state index in [2.05, 4.69) is 13.8 Å². The molecule has 2 nitrogen and oxygen atoms in total. The molecule has 2 saturated carbocycles. The summed E-state index contributed by atoms with van der Waals surface area (Å²) in [5, 5.41) is 20.5. The number of phenols is 2. The molecule has 3 rings (SSSR count). The topological polar surface area (TPSA) is 40.5 Å². The van der Waals surface area contributed by atoms with E-state index in [1.807, 2.05) is 0 Å². The van der Waals surface area contributed by atoms with Crippen molar-refractivity contribution in [3.8, 4) is 11.5 Å². The fourth-order valence-electron chi connectivity index (χ4n) is 3.98. The molecule has 0 radical (unpaired) electrons. The Morgan fingerprint density at radius 1 is 0.870 bits per heavy atom. The van der Waals surface area contributed by atoms with Gasteiger partial charge in [-0.05, 0) is 87.2 Å². The third-order valence-electron chi connectivity index (χ3n) is 6.53. The second kappa shape index (κ2) is 6.37. The molecule has 0 aliphatic heterocycles. The maximum Gasteiger partial charge on any atom is 0.119 e. The van der Waals surface area contributed by atoms with Gasteiger partial charge in [0.05, 0.1) is 0 Å². The first kappa shape index (κ1) is 16.7. The molecular formula is C21H32O2. The van der Waals surface area contributed by atoms with E-state index in [1.54, 1.807) is 12.1 Å². The summed E-state index contributed by atoms with van der Waals surface area (Å²) in [7, 11) is 0. The van der Waals surface area contributed by atoms with E-state index in [4.69, 9.17) is 0 Å². The Morgan fingerprint density at radius 3 is 1.83 bits per heavy atom. The first-order chi connectivity index (χ1) is 11.0. The molecule has 128 valence electrons.